The first-order valence-electron chi connectivity index (χ1n) is 6.69. The van der Waals surface area contributed by atoms with E-state index in [1.54, 1.807) is 6.07 Å². The molecule has 0 aliphatic carbocycles. The minimum atomic E-state index is -0.261. The maximum atomic E-state index is 12.4. The van der Waals surface area contributed by atoms with Gasteiger partial charge in [-0.2, -0.15) is 5.26 Å². The molecule has 2 aromatic carbocycles. The van der Waals surface area contributed by atoms with Gasteiger partial charge in [0.25, 0.3) is 5.91 Å². The summed E-state index contributed by atoms with van der Waals surface area (Å²) >= 11 is 0. The molecule has 21 heavy (non-hydrogen) atoms. The van der Waals surface area contributed by atoms with Gasteiger partial charge in [0.1, 0.15) is 6.54 Å². The third kappa shape index (κ3) is 2.21. The zero-order valence-corrected chi connectivity index (χ0v) is 11.3. The Morgan fingerprint density at radius 1 is 1.24 bits per heavy atom. The fourth-order valence-corrected chi connectivity index (χ4v) is 2.59. The predicted molar refractivity (Wildman–Crippen MR) is 78.9 cm³/mol. The third-order valence-electron chi connectivity index (χ3n) is 3.51. The smallest absolute Gasteiger partial charge is 0.259 e. The van der Waals surface area contributed by atoms with Crippen LogP contribution < -0.4 is 10.2 Å². The van der Waals surface area contributed by atoms with E-state index in [2.05, 4.69) is 5.32 Å². The van der Waals surface area contributed by atoms with Crippen molar-refractivity contribution in [3.8, 4) is 6.07 Å². The second-order valence-electron chi connectivity index (χ2n) is 4.83. The Balaban J connectivity index is 1.87. The molecule has 0 radical (unpaired) electrons. The molecular weight excluding hydrogens is 266 g/mol. The maximum absolute atomic E-state index is 12.4. The zero-order chi connectivity index (χ0) is 14.8. The highest BCUT2D eigenvalue weighted by molar-refractivity contribution is 6.26. The number of hydrogen-bond donors (Lipinski definition) is 1. The zero-order valence-electron chi connectivity index (χ0n) is 11.3. The Labute approximate surface area is 121 Å². The lowest BCUT2D eigenvalue weighted by atomic mass is 10.1. The van der Waals surface area contributed by atoms with Crippen LogP contribution in [-0.2, 0) is 4.79 Å². The van der Waals surface area contributed by atoms with E-state index < -0.39 is 0 Å². The average Bonchev–Trinajstić information content (AvgIpc) is 2.76. The van der Waals surface area contributed by atoms with E-state index in [9.17, 15) is 9.59 Å². The van der Waals surface area contributed by atoms with Gasteiger partial charge in [-0.3, -0.25) is 14.5 Å². The Bertz CT molecular complexity index is 771. The van der Waals surface area contributed by atoms with Crippen molar-refractivity contribution in [2.75, 3.05) is 18.0 Å². The molecule has 5 nitrogen and oxygen atoms in total. The van der Waals surface area contributed by atoms with E-state index in [-0.39, 0.29) is 24.8 Å². The SMILES string of the molecule is N#CCCNC(=O)CN1C(=O)c2cccc3cccc1c23. The summed E-state index contributed by atoms with van der Waals surface area (Å²) in [6.45, 7) is 0.270. The molecule has 0 atom stereocenters. The number of carbonyl (C=O) groups is 2. The standard InChI is InChI=1S/C16H13N3O2/c17-8-3-9-18-14(20)10-19-13-7-2-5-11-4-1-6-12(15(11)13)16(19)21/h1-2,4-7H,3,9-10H2,(H,18,20). The van der Waals surface area contributed by atoms with Gasteiger partial charge in [0.2, 0.25) is 5.91 Å². The number of benzene rings is 2. The van der Waals surface area contributed by atoms with Crippen molar-refractivity contribution in [1.82, 2.24) is 5.32 Å². The highest BCUT2D eigenvalue weighted by Crippen LogP contribution is 2.36. The molecule has 1 heterocycles. The monoisotopic (exact) mass is 279 g/mol. The van der Waals surface area contributed by atoms with Gasteiger partial charge in [-0.1, -0.05) is 24.3 Å². The summed E-state index contributed by atoms with van der Waals surface area (Å²) in [5, 5.41) is 13.0. The summed E-state index contributed by atoms with van der Waals surface area (Å²) in [7, 11) is 0. The first-order chi connectivity index (χ1) is 10.2. The van der Waals surface area contributed by atoms with E-state index in [0.717, 1.165) is 16.5 Å². The Hall–Kier alpha value is -2.87. The topological polar surface area (TPSA) is 73.2 Å². The van der Waals surface area contributed by atoms with Crippen molar-refractivity contribution in [1.29, 1.82) is 5.26 Å². The van der Waals surface area contributed by atoms with Crippen LogP contribution in [0, 0.1) is 11.3 Å². The van der Waals surface area contributed by atoms with Crippen molar-refractivity contribution >= 4 is 28.3 Å². The van der Waals surface area contributed by atoms with Crippen molar-refractivity contribution in [2.45, 2.75) is 6.42 Å². The van der Waals surface area contributed by atoms with E-state index in [1.165, 1.54) is 4.90 Å². The molecule has 1 N–H and O–H groups in total. The molecule has 1 aliphatic heterocycles. The normalized spacial score (nSPS) is 12.5. The molecule has 0 aromatic heterocycles. The van der Waals surface area contributed by atoms with Crippen LogP contribution in [0.5, 0.6) is 0 Å². The summed E-state index contributed by atoms with van der Waals surface area (Å²) in [6, 6.07) is 13.2. The predicted octanol–water partition coefficient (Wildman–Crippen LogP) is 1.83. The number of rotatable bonds is 4. The number of anilines is 1. The molecule has 1 aliphatic rings. The number of nitrogens with one attached hydrogen (secondary N) is 1. The molecule has 0 saturated carbocycles. The van der Waals surface area contributed by atoms with E-state index in [1.807, 2.05) is 36.4 Å². The Kier molecular flexibility index (Phi) is 3.28. The molecule has 3 rings (SSSR count). The van der Waals surface area contributed by atoms with Crippen molar-refractivity contribution < 1.29 is 9.59 Å². The first kappa shape index (κ1) is 13.1. The highest BCUT2D eigenvalue weighted by atomic mass is 16.2. The molecule has 5 heteroatoms. The third-order valence-corrected chi connectivity index (χ3v) is 3.51. The van der Waals surface area contributed by atoms with Gasteiger partial charge in [0.05, 0.1) is 18.2 Å². The van der Waals surface area contributed by atoms with Crippen LogP contribution in [0.4, 0.5) is 5.69 Å². The molecule has 104 valence electrons. The number of hydrogen-bond acceptors (Lipinski definition) is 3. The van der Waals surface area contributed by atoms with Crippen LogP contribution in [0.25, 0.3) is 10.8 Å². The van der Waals surface area contributed by atoms with Crippen LogP contribution in [0.2, 0.25) is 0 Å². The molecular formula is C16H13N3O2. The number of amides is 2. The first-order valence-corrected chi connectivity index (χ1v) is 6.69. The molecule has 2 aromatic rings. The van der Waals surface area contributed by atoms with Gasteiger partial charge in [-0.25, -0.2) is 0 Å². The van der Waals surface area contributed by atoms with Crippen LogP contribution in [0.1, 0.15) is 16.8 Å². The van der Waals surface area contributed by atoms with Crippen molar-refractivity contribution in [3.63, 3.8) is 0 Å². The van der Waals surface area contributed by atoms with Gasteiger partial charge in [-0.15, -0.1) is 0 Å². The van der Waals surface area contributed by atoms with E-state index in [4.69, 9.17) is 5.26 Å². The summed E-state index contributed by atoms with van der Waals surface area (Å²) in [4.78, 5) is 25.8. The molecule has 0 fully saturated rings. The van der Waals surface area contributed by atoms with E-state index in [0.29, 0.717) is 12.1 Å². The van der Waals surface area contributed by atoms with Gasteiger partial charge >= 0.3 is 0 Å². The lowest BCUT2D eigenvalue weighted by Crippen LogP contribution is -2.39. The van der Waals surface area contributed by atoms with Crippen molar-refractivity contribution in [2.24, 2.45) is 0 Å². The van der Waals surface area contributed by atoms with Crippen LogP contribution in [0.15, 0.2) is 36.4 Å². The molecule has 0 bridgehead atoms. The fraction of sp³-hybridized carbons (Fsp3) is 0.188. The largest absolute Gasteiger partial charge is 0.354 e. The number of carbonyl (C=O) groups excluding carboxylic acids is 2. The average molecular weight is 279 g/mol. The van der Waals surface area contributed by atoms with Crippen LogP contribution in [0.3, 0.4) is 0 Å². The molecule has 0 spiro atoms. The van der Waals surface area contributed by atoms with Gasteiger partial charge in [0, 0.05) is 17.5 Å². The maximum Gasteiger partial charge on any atom is 0.259 e. The Morgan fingerprint density at radius 2 is 2.00 bits per heavy atom. The minimum absolute atomic E-state index is 0.0297. The Morgan fingerprint density at radius 3 is 2.76 bits per heavy atom. The van der Waals surface area contributed by atoms with Gasteiger partial charge in [-0.05, 0) is 17.5 Å². The van der Waals surface area contributed by atoms with Gasteiger partial charge in [0.15, 0.2) is 0 Å². The number of nitriles is 1. The molecule has 0 saturated heterocycles. The van der Waals surface area contributed by atoms with Crippen molar-refractivity contribution in [3.05, 3.63) is 42.0 Å². The second kappa shape index (κ2) is 5.25. The summed E-state index contributed by atoms with van der Waals surface area (Å²) in [5.74, 6) is -0.416. The summed E-state index contributed by atoms with van der Waals surface area (Å²) in [6.07, 6.45) is 0.259. The van der Waals surface area contributed by atoms with E-state index >= 15 is 0 Å². The summed E-state index contributed by atoms with van der Waals surface area (Å²) < 4.78 is 0. The van der Waals surface area contributed by atoms with Crippen LogP contribution >= 0.6 is 0 Å². The highest BCUT2D eigenvalue weighted by Gasteiger charge is 2.30. The minimum Gasteiger partial charge on any atom is -0.354 e. The molecule has 0 unspecified atom stereocenters. The lowest BCUT2D eigenvalue weighted by molar-refractivity contribution is -0.119. The quantitative estimate of drug-likeness (QED) is 0.868. The lowest BCUT2D eigenvalue weighted by Gasteiger charge is -2.16. The molecule has 2 amide bonds. The van der Waals surface area contributed by atoms with Crippen LogP contribution in [-0.4, -0.2) is 24.9 Å². The second-order valence-corrected chi connectivity index (χ2v) is 4.83. The number of nitrogens with zero attached hydrogens (tertiary/aromatic N) is 2. The fourth-order valence-electron chi connectivity index (χ4n) is 2.59. The van der Waals surface area contributed by atoms with Gasteiger partial charge < -0.3 is 5.32 Å². The summed E-state index contributed by atoms with van der Waals surface area (Å²) in [5.41, 5.74) is 1.40.